The Labute approximate surface area is 95.9 Å². The molecule has 0 bridgehead atoms. The highest BCUT2D eigenvalue weighted by molar-refractivity contribution is 4.88. The minimum absolute atomic E-state index is 0.110. The molecular formula is C11H20N4O. The lowest BCUT2D eigenvalue weighted by Crippen LogP contribution is -2.35. The summed E-state index contributed by atoms with van der Waals surface area (Å²) in [6, 6.07) is 0. The summed E-state index contributed by atoms with van der Waals surface area (Å²) in [7, 11) is 1.94. The molecule has 2 N–H and O–H groups in total. The van der Waals surface area contributed by atoms with E-state index in [4.69, 9.17) is 0 Å². The summed E-state index contributed by atoms with van der Waals surface area (Å²) < 4.78 is 1.91. The van der Waals surface area contributed by atoms with E-state index >= 15 is 0 Å². The molecule has 0 aromatic carbocycles. The number of aliphatic hydroxyl groups is 1. The van der Waals surface area contributed by atoms with Crippen molar-refractivity contribution < 1.29 is 5.11 Å². The van der Waals surface area contributed by atoms with Gasteiger partial charge < -0.3 is 15.0 Å². The van der Waals surface area contributed by atoms with Gasteiger partial charge in [-0.1, -0.05) is 12.8 Å². The van der Waals surface area contributed by atoms with Crippen LogP contribution in [0.3, 0.4) is 0 Å². The third-order valence-corrected chi connectivity index (χ3v) is 3.59. The highest BCUT2D eigenvalue weighted by atomic mass is 16.3. The van der Waals surface area contributed by atoms with Crippen molar-refractivity contribution in [2.24, 2.45) is 12.5 Å². The predicted octanol–water partition coefficient (Wildman–Crippen LogP) is 0.457. The Morgan fingerprint density at radius 2 is 2.25 bits per heavy atom. The Bertz CT molecular complexity index is 330. The Morgan fingerprint density at radius 1 is 1.50 bits per heavy atom. The van der Waals surface area contributed by atoms with Crippen LogP contribution in [-0.2, 0) is 13.6 Å². The van der Waals surface area contributed by atoms with Crippen molar-refractivity contribution in [1.82, 2.24) is 20.1 Å². The average molecular weight is 224 g/mol. The molecule has 5 heteroatoms. The van der Waals surface area contributed by atoms with E-state index in [9.17, 15) is 5.11 Å². The summed E-state index contributed by atoms with van der Waals surface area (Å²) in [6.45, 7) is 1.88. The van der Waals surface area contributed by atoms with Crippen LogP contribution >= 0.6 is 0 Å². The molecular weight excluding hydrogens is 204 g/mol. The molecule has 0 radical (unpaired) electrons. The van der Waals surface area contributed by atoms with Gasteiger partial charge >= 0.3 is 0 Å². The molecule has 0 saturated heterocycles. The van der Waals surface area contributed by atoms with Gasteiger partial charge in [-0.15, -0.1) is 10.2 Å². The van der Waals surface area contributed by atoms with Crippen LogP contribution in [0.5, 0.6) is 0 Å². The van der Waals surface area contributed by atoms with E-state index in [1.54, 1.807) is 6.33 Å². The fraction of sp³-hybridized carbons (Fsp3) is 0.818. The van der Waals surface area contributed by atoms with Crippen LogP contribution in [0.25, 0.3) is 0 Å². The molecule has 1 aromatic heterocycles. The average Bonchev–Trinajstić information content (AvgIpc) is 2.90. The topological polar surface area (TPSA) is 63.0 Å². The largest absolute Gasteiger partial charge is 0.396 e. The number of hydrogen-bond donors (Lipinski definition) is 2. The maximum Gasteiger partial charge on any atom is 0.146 e. The van der Waals surface area contributed by atoms with Gasteiger partial charge in [0, 0.05) is 25.6 Å². The third-order valence-electron chi connectivity index (χ3n) is 3.59. The second kappa shape index (κ2) is 4.93. The first-order chi connectivity index (χ1) is 7.76. The molecule has 1 aromatic rings. The van der Waals surface area contributed by atoms with Gasteiger partial charge in [0.2, 0.25) is 0 Å². The zero-order chi connectivity index (χ0) is 11.4. The zero-order valence-corrected chi connectivity index (χ0v) is 9.82. The number of nitrogens with zero attached hydrogens (tertiary/aromatic N) is 3. The van der Waals surface area contributed by atoms with E-state index in [0.717, 1.165) is 31.8 Å². The first-order valence-electron chi connectivity index (χ1n) is 5.90. The number of hydrogen-bond acceptors (Lipinski definition) is 4. The highest BCUT2D eigenvalue weighted by Gasteiger charge is 2.32. The number of aromatic nitrogens is 3. The van der Waals surface area contributed by atoms with Gasteiger partial charge in [0.15, 0.2) is 0 Å². The molecule has 1 aliphatic rings. The first kappa shape index (κ1) is 11.5. The van der Waals surface area contributed by atoms with E-state index in [1.165, 1.54) is 12.8 Å². The SMILES string of the molecule is Cn1cnnc1CNCC1(CO)CCCC1. The monoisotopic (exact) mass is 224 g/mol. The minimum Gasteiger partial charge on any atom is -0.396 e. The second-order valence-corrected chi connectivity index (χ2v) is 4.83. The second-order valence-electron chi connectivity index (χ2n) is 4.83. The number of aliphatic hydroxyl groups excluding tert-OH is 1. The van der Waals surface area contributed by atoms with E-state index in [-0.39, 0.29) is 5.41 Å². The third kappa shape index (κ3) is 2.41. The predicted molar refractivity (Wildman–Crippen MR) is 60.7 cm³/mol. The van der Waals surface area contributed by atoms with E-state index in [0.29, 0.717) is 6.61 Å². The molecule has 0 spiro atoms. The van der Waals surface area contributed by atoms with Crippen molar-refractivity contribution >= 4 is 0 Å². The molecule has 0 unspecified atom stereocenters. The van der Waals surface area contributed by atoms with Gasteiger partial charge in [-0.2, -0.15) is 0 Å². The molecule has 0 aliphatic heterocycles. The molecule has 0 amide bonds. The zero-order valence-electron chi connectivity index (χ0n) is 9.82. The summed E-state index contributed by atoms with van der Waals surface area (Å²) in [5.41, 5.74) is 0.110. The van der Waals surface area contributed by atoms with E-state index in [1.807, 2.05) is 11.6 Å². The lowest BCUT2D eigenvalue weighted by Gasteiger charge is -2.26. The summed E-state index contributed by atoms with van der Waals surface area (Å²) in [4.78, 5) is 0. The van der Waals surface area contributed by atoms with E-state index < -0.39 is 0 Å². The molecule has 5 nitrogen and oxygen atoms in total. The lowest BCUT2D eigenvalue weighted by atomic mass is 9.87. The van der Waals surface area contributed by atoms with Gasteiger partial charge in [-0.3, -0.25) is 0 Å². The Kier molecular flexibility index (Phi) is 3.56. The molecule has 1 fully saturated rings. The molecule has 2 rings (SSSR count). The van der Waals surface area contributed by atoms with Crippen molar-refractivity contribution in [3.8, 4) is 0 Å². The van der Waals surface area contributed by atoms with Crippen molar-refractivity contribution in [2.45, 2.75) is 32.2 Å². The highest BCUT2D eigenvalue weighted by Crippen LogP contribution is 2.36. The maximum absolute atomic E-state index is 9.46. The first-order valence-corrected chi connectivity index (χ1v) is 5.90. The molecule has 16 heavy (non-hydrogen) atoms. The summed E-state index contributed by atoms with van der Waals surface area (Å²) in [5, 5.41) is 20.7. The van der Waals surface area contributed by atoms with Gasteiger partial charge in [-0.05, 0) is 12.8 Å². The Morgan fingerprint density at radius 3 is 2.81 bits per heavy atom. The fourth-order valence-electron chi connectivity index (χ4n) is 2.42. The molecule has 0 atom stereocenters. The van der Waals surface area contributed by atoms with Gasteiger partial charge in [-0.25, -0.2) is 0 Å². The van der Waals surface area contributed by atoms with Gasteiger partial charge in [0.1, 0.15) is 12.2 Å². The quantitative estimate of drug-likeness (QED) is 0.762. The minimum atomic E-state index is 0.110. The smallest absolute Gasteiger partial charge is 0.146 e. The Balaban J connectivity index is 1.81. The van der Waals surface area contributed by atoms with Crippen LogP contribution in [0.1, 0.15) is 31.5 Å². The van der Waals surface area contributed by atoms with Crippen molar-refractivity contribution in [3.63, 3.8) is 0 Å². The molecule has 90 valence electrons. The van der Waals surface area contributed by atoms with Crippen LogP contribution in [0.4, 0.5) is 0 Å². The molecule has 1 aliphatic carbocycles. The van der Waals surface area contributed by atoms with Crippen LogP contribution in [0.2, 0.25) is 0 Å². The lowest BCUT2D eigenvalue weighted by molar-refractivity contribution is 0.128. The van der Waals surface area contributed by atoms with Crippen molar-refractivity contribution in [2.75, 3.05) is 13.2 Å². The summed E-state index contributed by atoms with van der Waals surface area (Å²) in [6.07, 6.45) is 6.46. The van der Waals surface area contributed by atoms with Crippen LogP contribution < -0.4 is 5.32 Å². The van der Waals surface area contributed by atoms with Gasteiger partial charge in [0.05, 0.1) is 6.54 Å². The Hall–Kier alpha value is -0.940. The fourth-order valence-corrected chi connectivity index (χ4v) is 2.42. The van der Waals surface area contributed by atoms with Crippen LogP contribution in [0, 0.1) is 5.41 Å². The summed E-state index contributed by atoms with van der Waals surface area (Å²) >= 11 is 0. The number of nitrogens with one attached hydrogen (secondary N) is 1. The van der Waals surface area contributed by atoms with Gasteiger partial charge in [0.25, 0.3) is 0 Å². The summed E-state index contributed by atoms with van der Waals surface area (Å²) in [5.74, 6) is 0.936. The number of rotatable bonds is 5. The maximum atomic E-state index is 9.46. The molecule has 1 heterocycles. The number of aryl methyl sites for hydroxylation is 1. The van der Waals surface area contributed by atoms with Crippen LogP contribution in [-0.4, -0.2) is 33.0 Å². The van der Waals surface area contributed by atoms with Crippen LogP contribution in [0.15, 0.2) is 6.33 Å². The van der Waals surface area contributed by atoms with E-state index in [2.05, 4.69) is 15.5 Å². The molecule has 1 saturated carbocycles. The standard InChI is InChI=1S/C11H20N4O/c1-15-9-13-14-10(15)6-12-7-11(8-16)4-2-3-5-11/h9,12,16H,2-8H2,1H3. The van der Waals surface area contributed by atoms with Crippen molar-refractivity contribution in [1.29, 1.82) is 0 Å². The van der Waals surface area contributed by atoms with Crippen molar-refractivity contribution in [3.05, 3.63) is 12.2 Å². The normalized spacial score (nSPS) is 19.1.